The van der Waals surface area contributed by atoms with Crippen LogP contribution in [0.4, 0.5) is 15.8 Å². The van der Waals surface area contributed by atoms with Crippen molar-refractivity contribution in [3.63, 3.8) is 0 Å². The lowest BCUT2D eigenvalue weighted by molar-refractivity contribution is 0.116. The molecule has 2 N–H and O–H groups in total. The SMILES string of the molecule is CCN(CC1CCCO1)c1cccc(F)c1N. The highest BCUT2D eigenvalue weighted by Gasteiger charge is 2.20. The quantitative estimate of drug-likeness (QED) is 0.819. The number of para-hydroxylation sites is 1. The fourth-order valence-corrected chi connectivity index (χ4v) is 2.23. The fourth-order valence-electron chi connectivity index (χ4n) is 2.23. The minimum Gasteiger partial charge on any atom is -0.395 e. The van der Waals surface area contributed by atoms with Gasteiger partial charge in [0, 0.05) is 19.7 Å². The number of nitrogen functional groups attached to an aromatic ring is 1. The average Bonchev–Trinajstić information content (AvgIpc) is 2.83. The van der Waals surface area contributed by atoms with E-state index in [1.165, 1.54) is 6.07 Å². The van der Waals surface area contributed by atoms with Gasteiger partial charge < -0.3 is 15.4 Å². The highest BCUT2D eigenvalue weighted by atomic mass is 19.1. The minimum absolute atomic E-state index is 0.229. The number of halogens is 1. The lowest BCUT2D eigenvalue weighted by Crippen LogP contribution is -2.32. The Hall–Kier alpha value is -1.29. The van der Waals surface area contributed by atoms with E-state index < -0.39 is 0 Å². The van der Waals surface area contributed by atoms with E-state index in [2.05, 4.69) is 4.90 Å². The highest BCUT2D eigenvalue weighted by molar-refractivity contribution is 5.68. The molecule has 1 heterocycles. The summed E-state index contributed by atoms with van der Waals surface area (Å²) in [5, 5.41) is 0. The molecule has 1 saturated heterocycles. The van der Waals surface area contributed by atoms with Gasteiger partial charge in [-0.15, -0.1) is 0 Å². The van der Waals surface area contributed by atoms with Gasteiger partial charge in [0.25, 0.3) is 0 Å². The summed E-state index contributed by atoms with van der Waals surface area (Å²) in [5.41, 5.74) is 6.77. The van der Waals surface area contributed by atoms with Crippen LogP contribution >= 0.6 is 0 Å². The minimum atomic E-state index is -0.353. The molecule has 0 saturated carbocycles. The van der Waals surface area contributed by atoms with Crippen molar-refractivity contribution in [3.8, 4) is 0 Å². The summed E-state index contributed by atoms with van der Waals surface area (Å²) in [6.45, 7) is 4.46. The molecule has 4 heteroatoms. The standard InChI is InChI=1S/C13H19FN2O/c1-2-16(9-10-5-4-8-17-10)12-7-3-6-11(14)13(12)15/h3,6-7,10H,2,4-5,8-9,15H2,1H3. The Morgan fingerprint density at radius 1 is 1.53 bits per heavy atom. The molecule has 1 aromatic carbocycles. The van der Waals surface area contributed by atoms with Crippen LogP contribution in [0, 0.1) is 5.82 Å². The van der Waals surface area contributed by atoms with Crippen molar-refractivity contribution < 1.29 is 9.13 Å². The Morgan fingerprint density at radius 3 is 3.00 bits per heavy atom. The molecule has 0 spiro atoms. The zero-order valence-corrected chi connectivity index (χ0v) is 10.2. The Balaban J connectivity index is 2.13. The van der Waals surface area contributed by atoms with Gasteiger partial charge in [-0.2, -0.15) is 0 Å². The van der Waals surface area contributed by atoms with Crippen LogP contribution in [0.15, 0.2) is 18.2 Å². The first-order chi connectivity index (χ1) is 8.22. The largest absolute Gasteiger partial charge is 0.395 e. The number of rotatable bonds is 4. The molecule has 0 bridgehead atoms. The molecular formula is C13H19FN2O. The molecule has 3 nitrogen and oxygen atoms in total. The molecule has 17 heavy (non-hydrogen) atoms. The Labute approximate surface area is 101 Å². The van der Waals surface area contributed by atoms with Crippen LogP contribution in [0.25, 0.3) is 0 Å². The van der Waals surface area contributed by atoms with E-state index in [0.29, 0.717) is 0 Å². The third-order valence-corrected chi connectivity index (χ3v) is 3.20. The van der Waals surface area contributed by atoms with Crippen molar-refractivity contribution in [2.45, 2.75) is 25.9 Å². The second-order valence-corrected chi connectivity index (χ2v) is 4.35. The van der Waals surface area contributed by atoms with Crippen molar-refractivity contribution in [2.24, 2.45) is 0 Å². The molecule has 0 radical (unpaired) electrons. The summed E-state index contributed by atoms with van der Waals surface area (Å²) in [5.74, 6) is -0.353. The molecule has 2 rings (SSSR count). The van der Waals surface area contributed by atoms with Crippen LogP contribution in [0.1, 0.15) is 19.8 Å². The molecule has 1 fully saturated rings. The van der Waals surface area contributed by atoms with Crippen molar-refractivity contribution in [1.29, 1.82) is 0 Å². The maximum Gasteiger partial charge on any atom is 0.148 e. The first kappa shape index (κ1) is 12.2. The predicted molar refractivity (Wildman–Crippen MR) is 67.7 cm³/mol. The normalized spacial score (nSPS) is 19.5. The first-order valence-corrected chi connectivity index (χ1v) is 6.13. The van der Waals surface area contributed by atoms with E-state index in [-0.39, 0.29) is 17.6 Å². The summed E-state index contributed by atoms with van der Waals surface area (Å²) >= 11 is 0. The third kappa shape index (κ3) is 2.69. The molecule has 0 aromatic heterocycles. The second kappa shape index (κ2) is 5.36. The van der Waals surface area contributed by atoms with E-state index in [1.807, 2.05) is 13.0 Å². The number of anilines is 2. The van der Waals surface area contributed by atoms with E-state index in [0.717, 1.165) is 38.2 Å². The van der Waals surface area contributed by atoms with Gasteiger partial charge in [0.15, 0.2) is 0 Å². The number of hydrogen-bond donors (Lipinski definition) is 1. The van der Waals surface area contributed by atoms with Crippen molar-refractivity contribution >= 4 is 11.4 Å². The van der Waals surface area contributed by atoms with Crippen molar-refractivity contribution in [1.82, 2.24) is 0 Å². The zero-order valence-electron chi connectivity index (χ0n) is 10.2. The van der Waals surface area contributed by atoms with E-state index in [4.69, 9.17) is 10.5 Å². The van der Waals surface area contributed by atoms with Gasteiger partial charge in [0.05, 0.1) is 17.5 Å². The van der Waals surface area contributed by atoms with Crippen LogP contribution in [0.2, 0.25) is 0 Å². The molecule has 1 atom stereocenters. The predicted octanol–water partition coefficient (Wildman–Crippen LogP) is 2.41. The third-order valence-electron chi connectivity index (χ3n) is 3.20. The molecule has 1 aromatic rings. The fraction of sp³-hybridized carbons (Fsp3) is 0.538. The van der Waals surface area contributed by atoms with E-state index in [9.17, 15) is 4.39 Å². The number of hydrogen-bond acceptors (Lipinski definition) is 3. The lowest BCUT2D eigenvalue weighted by atomic mass is 10.2. The molecular weight excluding hydrogens is 219 g/mol. The number of nitrogens with zero attached hydrogens (tertiary/aromatic N) is 1. The molecule has 94 valence electrons. The number of benzene rings is 1. The van der Waals surface area contributed by atoms with E-state index >= 15 is 0 Å². The van der Waals surface area contributed by atoms with E-state index in [1.54, 1.807) is 6.07 Å². The molecule has 1 aliphatic heterocycles. The van der Waals surface area contributed by atoms with Gasteiger partial charge in [0.2, 0.25) is 0 Å². The van der Waals surface area contributed by atoms with Crippen LogP contribution in [0.5, 0.6) is 0 Å². The number of likely N-dealkylation sites (N-methyl/N-ethyl adjacent to an activating group) is 1. The molecule has 0 amide bonds. The summed E-state index contributed by atoms with van der Waals surface area (Å²) in [6.07, 6.45) is 2.43. The van der Waals surface area contributed by atoms with Crippen LogP contribution < -0.4 is 10.6 Å². The van der Waals surface area contributed by atoms with Crippen molar-refractivity contribution in [2.75, 3.05) is 30.3 Å². The van der Waals surface area contributed by atoms with Gasteiger partial charge in [-0.1, -0.05) is 6.07 Å². The summed E-state index contributed by atoms with van der Waals surface area (Å²) < 4.78 is 19.0. The number of ether oxygens (including phenoxy) is 1. The van der Waals surface area contributed by atoms with Gasteiger partial charge in [0.1, 0.15) is 5.82 Å². The highest BCUT2D eigenvalue weighted by Crippen LogP contribution is 2.26. The maximum atomic E-state index is 13.4. The number of nitrogens with two attached hydrogens (primary N) is 1. The van der Waals surface area contributed by atoms with Gasteiger partial charge in [-0.3, -0.25) is 0 Å². The average molecular weight is 238 g/mol. The Kier molecular flexibility index (Phi) is 3.84. The maximum absolute atomic E-state index is 13.4. The lowest BCUT2D eigenvalue weighted by Gasteiger charge is -2.27. The van der Waals surface area contributed by atoms with Gasteiger partial charge >= 0.3 is 0 Å². The van der Waals surface area contributed by atoms with Crippen molar-refractivity contribution in [3.05, 3.63) is 24.0 Å². The second-order valence-electron chi connectivity index (χ2n) is 4.35. The monoisotopic (exact) mass is 238 g/mol. The smallest absolute Gasteiger partial charge is 0.148 e. The summed E-state index contributed by atoms with van der Waals surface area (Å²) in [6, 6.07) is 4.94. The molecule has 0 aliphatic carbocycles. The van der Waals surface area contributed by atoms with Crippen LogP contribution in [-0.4, -0.2) is 25.8 Å². The summed E-state index contributed by atoms with van der Waals surface area (Å²) in [7, 11) is 0. The first-order valence-electron chi connectivity index (χ1n) is 6.13. The zero-order chi connectivity index (χ0) is 12.3. The summed E-state index contributed by atoms with van der Waals surface area (Å²) in [4.78, 5) is 2.08. The topological polar surface area (TPSA) is 38.5 Å². The Bertz CT molecular complexity index is 378. The van der Waals surface area contributed by atoms with Gasteiger partial charge in [-0.25, -0.2) is 4.39 Å². The van der Waals surface area contributed by atoms with Gasteiger partial charge in [-0.05, 0) is 31.9 Å². The van der Waals surface area contributed by atoms with Crippen LogP contribution in [0.3, 0.4) is 0 Å². The Morgan fingerprint density at radius 2 is 2.35 bits per heavy atom. The molecule has 1 unspecified atom stereocenters. The van der Waals surface area contributed by atoms with Crippen LogP contribution in [-0.2, 0) is 4.74 Å². The molecule has 1 aliphatic rings.